The van der Waals surface area contributed by atoms with Crippen molar-refractivity contribution in [1.29, 1.82) is 0 Å². The third kappa shape index (κ3) is 4.26. The maximum Gasteiger partial charge on any atom is 0.322 e. The topological polar surface area (TPSA) is 83.1 Å². The number of hydrogen-bond donors (Lipinski definition) is 2. The molecule has 3 aliphatic rings. The minimum absolute atomic E-state index is 0. The fraction of sp³-hybridized carbons (Fsp3) is 0.364. The molecule has 3 aliphatic heterocycles. The lowest BCUT2D eigenvalue weighted by atomic mass is 10.1. The zero-order valence-corrected chi connectivity index (χ0v) is 17.8. The Balaban J connectivity index is 0.00000231. The minimum atomic E-state index is -0.195. The Bertz CT molecular complexity index is 958. The van der Waals surface area contributed by atoms with Crippen LogP contribution in [0.5, 0.6) is 11.5 Å². The summed E-state index contributed by atoms with van der Waals surface area (Å²) in [5, 5.41) is 6.00. The number of benzene rings is 2. The number of anilines is 1. The molecular weight excluding hydrogens is 420 g/mol. The number of nitrogens with one attached hydrogen (secondary N) is 2. The third-order valence-electron chi connectivity index (χ3n) is 5.98. The predicted octanol–water partition coefficient (Wildman–Crippen LogP) is 2.56. The normalized spacial score (nSPS) is 23.1. The number of piperazine rings is 1. The number of rotatable bonds is 4. The largest absolute Gasteiger partial charge is 0.454 e. The van der Waals surface area contributed by atoms with Crippen molar-refractivity contribution in [2.24, 2.45) is 0 Å². The van der Waals surface area contributed by atoms with Crippen LogP contribution in [0.2, 0.25) is 0 Å². The average Bonchev–Trinajstić information content (AvgIpc) is 3.41. The van der Waals surface area contributed by atoms with E-state index in [4.69, 9.17) is 9.47 Å². The van der Waals surface area contributed by atoms with Crippen LogP contribution in [-0.2, 0) is 0 Å². The van der Waals surface area contributed by atoms with E-state index in [1.54, 1.807) is 18.2 Å². The van der Waals surface area contributed by atoms with Crippen LogP contribution in [0.15, 0.2) is 48.5 Å². The highest BCUT2D eigenvalue weighted by molar-refractivity contribution is 5.98. The van der Waals surface area contributed by atoms with Gasteiger partial charge in [0.05, 0.1) is 5.56 Å². The molecule has 0 aliphatic carbocycles. The lowest BCUT2D eigenvalue weighted by Gasteiger charge is -2.40. The quantitative estimate of drug-likeness (QED) is 0.757. The Hall–Kier alpha value is -2.97. The summed E-state index contributed by atoms with van der Waals surface area (Å²) in [6, 6.07) is 15.0. The van der Waals surface area contributed by atoms with E-state index in [9.17, 15) is 9.59 Å². The summed E-state index contributed by atoms with van der Waals surface area (Å²) in [4.78, 5) is 29.9. The number of halogens is 1. The van der Waals surface area contributed by atoms with Gasteiger partial charge in [-0.15, -0.1) is 12.4 Å². The molecule has 9 heteroatoms. The lowest BCUT2D eigenvalue weighted by Crippen LogP contribution is -2.58. The third-order valence-corrected chi connectivity index (χ3v) is 5.98. The summed E-state index contributed by atoms with van der Waals surface area (Å²) in [5.41, 5.74) is 1.26. The second-order valence-electron chi connectivity index (χ2n) is 7.79. The Kier molecular flexibility index (Phi) is 6.20. The summed E-state index contributed by atoms with van der Waals surface area (Å²) in [5.74, 6) is 0.883. The molecule has 5 rings (SSSR count). The van der Waals surface area contributed by atoms with Crippen molar-refractivity contribution in [2.45, 2.75) is 18.5 Å². The molecule has 0 aromatic heterocycles. The lowest BCUT2D eigenvalue weighted by molar-refractivity contribution is 0.0879. The molecule has 3 amide bonds. The zero-order valence-electron chi connectivity index (χ0n) is 17.0. The van der Waals surface area contributed by atoms with Gasteiger partial charge in [-0.1, -0.05) is 24.3 Å². The van der Waals surface area contributed by atoms with Gasteiger partial charge in [-0.05, 0) is 30.7 Å². The molecule has 0 spiro atoms. The first kappa shape index (κ1) is 21.3. The smallest absolute Gasteiger partial charge is 0.322 e. The van der Waals surface area contributed by atoms with E-state index in [2.05, 4.69) is 15.5 Å². The molecule has 8 nitrogen and oxygen atoms in total. The molecule has 2 aromatic rings. The molecule has 2 saturated heterocycles. The van der Waals surface area contributed by atoms with E-state index in [1.165, 1.54) is 0 Å². The SMILES string of the molecule is Cl.O=C(NCC1CN(C(=O)Nc2ccccc2)C2CCN1C2)c1cccc2c1OCO2. The highest BCUT2D eigenvalue weighted by Crippen LogP contribution is 2.35. The maximum atomic E-state index is 12.9. The summed E-state index contributed by atoms with van der Waals surface area (Å²) in [6.07, 6.45) is 0.948. The van der Waals surface area contributed by atoms with E-state index in [1.807, 2.05) is 35.2 Å². The molecule has 3 atom stereocenters. The maximum absolute atomic E-state index is 12.9. The van der Waals surface area contributed by atoms with Crippen molar-refractivity contribution in [3.05, 3.63) is 54.1 Å². The zero-order chi connectivity index (χ0) is 20.5. The van der Waals surface area contributed by atoms with Crippen molar-refractivity contribution < 1.29 is 19.1 Å². The van der Waals surface area contributed by atoms with Gasteiger partial charge in [0.2, 0.25) is 6.79 Å². The van der Waals surface area contributed by atoms with Gasteiger partial charge in [-0.3, -0.25) is 9.69 Å². The molecule has 2 fully saturated rings. The van der Waals surface area contributed by atoms with Crippen LogP contribution in [-0.4, -0.2) is 66.8 Å². The number of carbonyl (C=O) groups is 2. The van der Waals surface area contributed by atoms with Gasteiger partial charge in [0.1, 0.15) is 0 Å². The molecule has 3 unspecified atom stereocenters. The number of hydrogen-bond acceptors (Lipinski definition) is 5. The highest BCUT2D eigenvalue weighted by Gasteiger charge is 2.40. The van der Waals surface area contributed by atoms with Gasteiger partial charge in [-0.25, -0.2) is 4.79 Å². The Labute approximate surface area is 186 Å². The number of amides is 3. The number of carbonyl (C=O) groups excluding carboxylic acids is 2. The number of nitrogens with zero attached hydrogens (tertiary/aromatic N) is 2. The van der Waals surface area contributed by atoms with E-state index < -0.39 is 0 Å². The first-order valence-electron chi connectivity index (χ1n) is 10.2. The van der Waals surface area contributed by atoms with E-state index in [-0.39, 0.29) is 43.2 Å². The highest BCUT2D eigenvalue weighted by atomic mass is 35.5. The number of fused-ring (bicyclic) bond motifs is 3. The summed E-state index contributed by atoms with van der Waals surface area (Å²) < 4.78 is 10.8. The van der Waals surface area contributed by atoms with Gasteiger partial charge in [-0.2, -0.15) is 0 Å². The van der Waals surface area contributed by atoms with Crippen LogP contribution < -0.4 is 20.1 Å². The van der Waals surface area contributed by atoms with Crippen LogP contribution in [0.3, 0.4) is 0 Å². The van der Waals surface area contributed by atoms with Gasteiger partial charge in [0.15, 0.2) is 11.5 Å². The number of ether oxygens (including phenoxy) is 2. The van der Waals surface area contributed by atoms with Gasteiger partial charge >= 0.3 is 6.03 Å². The minimum Gasteiger partial charge on any atom is -0.454 e. The average molecular weight is 445 g/mol. The van der Waals surface area contributed by atoms with E-state index in [0.717, 1.165) is 25.2 Å². The van der Waals surface area contributed by atoms with Crippen molar-refractivity contribution in [3.8, 4) is 11.5 Å². The van der Waals surface area contributed by atoms with Crippen LogP contribution >= 0.6 is 12.4 Å². The first-order chi connectivity index (χ1) is 14.7. The fourth-order valence-corrected chi connectivity index (χ4v) is 4.42. The first-order valence-corrected chi connectivity index (χ1v) is 10.2. The monoisotopic (exact) mass is 444 g/mol. The van der Waals surface area contributed by atoms with Crippen molar-refractivity contribution in [1.82, 2.24) is 15.1 Å². The molecule has 31 heavy (non-hydrogen) atoms. The summed E-state index contributed by atoms with van der Waals surface area (Å²) in [6.45, 7) is 2.93. The molecular formula is C22H25ClN4O4. The molecule has 0 saturated carbocycles. The van der Waals surface area contributed by atoms with Crippen LogP contribution in [0.25, 0.3) is 0 Å². The Morgan fingerprint density at radius 3 is 2.71 bits per heavy atom. The second kappa shape index (κ2) is 9.03. The predicted molar refractivity (Wildman–Crippen MR) is 118 cm³/mol. The van der Waals surface area contributed by atoms with Crippen LogP contribution in [0, 0.1) is 0 Å². The van der Waals surface area contributed by atoms with Gasteiger partial charge in [0, 0.05) is 44.0 Å². The van der Waals surface area contributed by atoms with Crippen molar-refractivity contribution >= 4 is 30.0 Å². The molecule has 2 aromatic carbocycles. The molecule has 2 bridgehead atoms. The van der Waals surface area contributed by atoms with E-state index in [0.29, 0.717) is 30.2 Å². The van der Waals surface area contributed by atoms with Gasteiger partial charge < -0.3 is 25.0 Å². The van der Waals surface area contributed by atoms with Crippen LogP contribution in [0.1, 0.15) is 16.8 Å². The number of para-hydroxylation sites is 2. The molecule has 0 radical (unpaired) electrons. The van der Waals surface area contributed by atoms with E-state index >= 15 is 0 Å². The van der Waals surface area contributed by atoms with Crippen LogP contribution in [0.4, 0.5) is 10.5 Å². The van der Waals surface area contributed by atoms with Crippen molar-refractivity contribution in [3.63, 3.8) is 0 Å². The molecule has 2 N–H and O–H groups in total. The Morgan fingerprint density at radius 1 is 1.03 bits per heavy atom. The molecule has 164 valence electrons. The standard InChI is InChI=1S/C22H24N4O4.ClH/c27-21(18-7-4-8-19-20(18)30-14-29-19)23-11-17-13-26(16-9-10-25(17)12-16)22(28)24-15-5-2-1-3-6-15;/h1-8,16-17H,9-14H2,(H,23,27)(H,24,28);1H. The summed E-state index contributed by atoms with van der Waals surface area (Å²) >= 11 is 0. The van der Waals surface area contributed by atoms with Crippen molar-refractivity contribution in [2.75, 3.05) is 38.3 Å². The Morgan fingerprint density at radius 2 is 1.87 bits per heavy atom. The fourth-order valence-electron chi connectivity index (χ4n) is 4.42. The second-order valence-corrected chi connectivity index (χ2v) is 7.79. The number of urea groups is 1. The van der Waals surface area contributed by atoms with Gasteiger partial charge in [0.25, 0.3) is 5.91 Å². The molecule has 3 heterocycles. The summed E-state index contributed by atoms with van der Waals surface area (Å²) in [7, 11) is 0.